The molecule has 0 aliphatic carbocycles. The molecule has 3 aliphatic heterocycles. The fraction of sp³-hybridized carbons (Fsp3) is 0.917. The first-order valence-electron chi connectivity index (χ1n) is 18.1. The summed E-state index contributed by atoms with van der Waals surface area (Å²) in [4.78, 5) is 11.7. The van der Waals surface area contributed by atoms with E-state index in [2.05, 4.69) is 6.92 Å². The van der Waals surface area contributed by atoms with Gasteiger partial charge in [0.1, 0.15) is 12.9 Å². The molecule has 0 aromatic carbocycles. The van der Waals surface area contributed by atoms with E-state index >= 15 is 0 Å². The molecule has 3 rings (SSSR count). The summed E-state index contributed by atoms with van der Waals surface area (Å²) in [6.45, 7) is 4.42. The third-order valence-electron chi connectivity index (χ3n) is 9.65. The van der Waals surface area contributed by atoms with E-state index in [1.165, 1.54) is 70.6 Å². The first-order chi connectivity index (χ1) is 21.0. The zero-order valence-corrected chi connectivity index (χ0v) is 27.5. The van der Waals surface area contributed by atoms with E-state index in [0.717, 1.165) is 64.2 Å². The molecule has 43 heavy (non-hydrogen) atoms. The minimum Gasteiger partial charge on any atom is -0.455 e. The lowest BCUT2D eigenvalue weighted by atomic mass is 9.98. The molecule has 0 radical (unpaired) electrons. The molecule has 2 N–H and O–H groups in total. The smallest absolute Gasteiger partial charge is 0.334 e. The van der Waals surface area contributed by atoms with Crippen LogP contribution in [0.2, 0.25) is 0 Å². The zero-order chi connectivity index (χ0) is 30.7. The number of cyclic esters (lactones) is 1. The normalized spacial score (nSPS) is 27.6. The van der Waals surface area contributed by atoms with Crippen molar-refractivity contribution < 1.29 is 34.0 Å². The van der Waals surface area contributed by atoms with Crippen LogP contribution in [0.1, 0.15) is 162 Å². The number of unbranched alkanes of at least 4 members (excludes halogenated alkanes) is 13. The maximum atomic E-state index is 11.7. The molecule has 250 valence electrons. The van der Waals surface area contributed by atoms with Gasteiger partial charge >= 0.3 is 5.97 Å². The molecule has 7 unspecified atom stereocenters. The van der Waals surface area contributed by atoms with Gasteiger partial charge in [-0.2, -0.15) is 0 Å². The maximum Gasteiger partial charge on any atom is 0.334 e. The largest absolute Gasteiger partial charge is 0.455 e. The Balaban J connectivity index is 1.17. The second kappa shape index (κ2) is 21.7. The summed E-state index contributed by atoms with van der Waals surface area (Å²) < 4.78 is 23.5. The summed E-state index contributed by atoms with van der Waals surface area (Å²) in [6.07, 6.45) is 26.7. The number of hydrogen-bond acceptors (Lipinski definition) is 7. The van der Waals surface area contributed by atoms with Crippen molar-refractivity contribution in [3.63, 3.8) is 0 Å². The van der Waals surface area contributed by atoms with Gasteiger partial charge in [0.2, 0.25) is 0 Å². The quantitative estimate of drug-likeness (QED) is 0.0894. The first-order valence-corrected chi connectivity index (χ1v) is 18.1. The summed E-state index contributed by atoms with van der Waals surface area (Å²) in [6, 6.07) is 0. The van der Waals surface area contributed by atoms with Crippen LogP contribution in [-0.4, -0.2) is 65.7 Å². The van der Waals surface area contributed by atoms with Crippen molar-refractivity contribution in [2.45, 2.75) is 204 Å². The molecule has 2 fully saturated rings. The average molecular weight is 609 g/mol. The van der Waals surface area contributed by atoms with Crippen molar-refractivity contribution in [3.05, 3.63) is 11.6 Å². The van der Waals surface area contributed by atoms with Crippen molar-refractivity contribution in [3.8, 4) is 0 Å². The molecule has 7 nitrogen and oxygen atoms in total. The van der Waals surface area contributed by atoms with Crippen molar-refractivity contribution in [2.24, 2.45) is 0 Å². The number of esters is 1. The number of ether oxygens (including phenoxy) is 4. The van der Waals surface area contributed by atoms with Gasteiger partial charge in [-0.3, -0.25) is 0 Å². The maximum absolute atomic E-state index is 11.7. The lowest BCUT2D eigenvalue weighted by Crippen LogP contribution is -2.32. The third-order valence-corrected chi connectivity index (χ3v) is 9.65. The molecule has 2 saturated heterocycles. The molecule has 0 spiro atoms. The lowest BCUT2D eigenvalue weighted by molar-refractivity contribution is -0.140. The molecular weight excluding hydrogens is 544 g/mol. The van der Waals surface area contributed by atoms with Gasteiger partial charge in [-0.05, 0) is 57.9 Å². The third kappa shape index (κ3) is 14.8. The Hall–Kier alpha value is -0.990. The van der Waals surface area contributed by atoms with E-state index in [0.29, 0.717) is 25.2 Å². The van der Waals surface area contributed by atoms with E-state index in [1.54, 1.807) is 0 Å². The first kappa shape index (κ1) is 36.5. The van der Waals surface area contributed by atoms with Crippen molar-refractivity contribution >= 4 is 5.97 Å². The van der Waals surface area contributed by atoms with Gasteiger partial charge in [-0.1, -0.05) is 103 Å². The Labute approximate surface area is 262 Å². The molecule has 7 atom stereocenters. The van der Waals surface area contributed by atoms with Gasteiger partial charge in [0.15, 0.2) is 0 Å². The average Bonchev–Trinajstić information content (AvgIpc) is 3.52. The fourth-order valence-corrected chi connectivity index (χ4v) is 6.95. The standard InChI is InChI=1S/C36H64O7/c1-3-4-5-6-7-8-9-10-11-12-13-17-20-32(38)33-23-24-35(43-33)34-22-21-31(40-27-41-34)19-16-14-15-18-30(37)26-29-25-28(2)42-36(29)39/h25,28,30-35,37-38H,3-24,26-27H2,1-2H3. The van der Waals surface area contributed by atoms with Crippen molar-refractivity contribution in [1.82, 2.24) is 0 Å². The van der Waals surface area contributed by atoms with Gasteiger partial charge in [0, 0.05) is 12.0 Å². The van der Waals surface area contributed by atoms with E-state index < -0.39 is 6.10 Å². The number of aliphatic hydroxyl groups is 2. The molecule has 3 aliphatic rings. The molecule has 7 heteroatoms. The number of carbonyl (C=O) groups is 1. The van der Waals surface area contributed by atoms with Crippen LogP contribution in [0.25, 0.3) is 0 Å². The molecule has 0 aromatic rings. The van der Waals surface area contributed by atoms with Gasteiger partial charge in [-0.15, -0.1) is 0 Å². The highest BCUT2D eigenvalue weighted by atomic mass is 16.7. The zero-order valence-electron chi connectivity index (χ0n) is 27.5. The number of aliphatic hydroxyl groups excluding tert-OH is 2. The Bertz CT molecular complexity index is 771. The number of hydrogen-bond donors (Lipinski definition) is 2. The van der Waals surface area contributed by atoms with E-state index in [1.807, 2.05) is 13.0 Å². The van der Waals surface area contributed by atoms with E-state index in [-0.39, 0.29) is 42.6 Å². The van der Waals surface area contributed by atoms with Crippen LogP contribution in [0.4, 0.5) is 0 Å². The monoisotopic (exact) mass is 608 g/mol. The van der Waals surface area contributed by atoms with Crippen LogP contribution < -0.4 is 0 Å². The number of rotatable bonds is 23. The second-order valence-electron chi connectivity index (χ2n) is 13.5. The minimum absolute atomic E-state index is 0.0447. The highest BCUT2D eigenvalue weighted by Crippen LogP contribution is 2.31. The summed E-state index contributed by atoms with van der Waals surface area (Å²) >= 11 is 0. The summed E-state index contributed by atoms with van der Waals surface area (Å²) in [5, 5.41) is 21.1. The Morgan fingerprint density at radius 3 is 2.07 bits per heavy atom. The van der Waals surface area contributed by atoms with E-state index in [4.69, 9.17) is 18.9 Å². The van der Waals surface area contributed by atoms with Crippen LogP contribution in [0.3, 0.4) is 0 Å². The van der Waals surface area contributed by atoms with Crippen LogP contribution in [-0.2, 0) is 23.7 Å². The summed E-state index contributed by atoms with van der Waals surface area (Å²) in [7, 11) is 0. The predicted octanol–water partition coefficient (Wildman–Crippen LogP) is 8.08. The topological polar surface area (TPSA) is 94.5 Å². The molecular formula is C36H64O7. The van der Waals surface area contributed by atoms with Crippen molar-refractivity contribution in [2.75, 3.05) is 6.79 Å². The Morgan fingerprint density at radius 2 is 1.40 bits per heavy atom. The summed E-state index contributed by atoms with van der Waals surface area (Å²) in [5.74, 6) is -0.290. The van der Waals surface area contributed by atoms with Gasteiger partial charge < -0.3 is 29.2 Å². The van der Waals surface area contributed by atoms with Gasteiger partial charge in [0.05, 0.1) is 36.6 Å². The molecule has 3 heterocycles. The lowest BCUT2D eigenvalue weighted by Gasteiger charge is -2.24. The van der Waals surface area contributed by atoms with Crippen LogP contribution in [0.15, 0.2) is 11.6 Å². The van der Waals surface area contributed by atoms with Crippen LogP contribution in [0.5, 0.6) is 0 Å². The molecule has 0 saturated carbocycles. The molecule has 0 aromatic heterocycles. The molecule has 0 amide bonds. The highest BCUT2D eigenvalue weighted by molar-refractivity contribution is 5.90. The molecule has 0 bridgehead atoms. The second-order valence-corrected chi connectivity index (χ2v) is 13.5. The van der Waals surface area contributed by atoms with Crippen LogP contribution in [0, 0.1) is 0 Å². The van der Waals surface area contributed by atoms with Crippen molar-refractivity contribution in [1.29, 1.82) is 0 Å². The predicted molar refractivity (Wildman–Crippen MR) is 171 cm³/mol. The van der Waals surface area contributed by atoms with Gasteiger partial charge in [0.25, 0.3) is 0 Å². The fourth-order valence-electron chi connectivity index (χ4n) is 6.95. The van der Waals surface area contributed by atoms with Gasteiger partial charge in [-0.25, -0.2) is 4.79 Å². The summed E-state index contributed by atoms with van der Waals surface area (Å²) in [5.41, 5.74) is 0.605. The minimum atomic E-state index is -0.495. The number of carbonyl (C=O) groups excluding carboxylic acids is 1. The Morgan fingerprint density at radius 1 is 0.767 bits per heavy atom. The van der Waals surface area contributed by atoms with E-state index in [9.17, 15) is 15.0 Å². The van der Waals surface area contributed by atoms with Crippen LogP contribution >= 0.6 is 0 Å². The Kier molecular flexibility index (Phi) is 18.4. The SMILES string of the molecule is CCCCCCCCCCCCCCC(O)C1CCC(C2CCC(CCCCCC(O)CC3=CC(C)OC3=O)OCO2)O1. The highest BCUT2D eigenvalue weighted by Gasteiger charge is 2.36.